The molecule has 0 radical (unpaired) electrons. The topological polar surface area (TPSA) is 176 Å². The lowest BCUT2D eigenvalue weighted by atomic mass is 10.1. The molecule has 0 fully saturated rings. The quantitative estimate of drug-likeness (QED) is 0.0272. The number of rotatable bonds is 41. The zero-order chi connectivity index (χ0) is 39.3. The minimum Gasteiger partial charge on any atom is -0.459 e. The molecule has 0 aliphatic carbocycles. The van der Waals surface area contributed by atoms with Gasteiger partial charge in [0.2, 0.25) is 5.91 Å². The van der Waals surface area contributed by atoms with Gasteiger partial charge in [0, 0.05) is 30.6 Å². The van der Waals surface area contributed by atoms with Gasteiger partial charge < -0.3 is 44.5 Å². The Balaban J connectivity index is 4.36. The SMILES string of the molecule is CCCCCCCCCCCCOC[C@H](CSC[C@H](N)C(=O)N[C@@H](C)COCCOCCOCCP(=O)(O)O)OC(=O)CCCCCCCCCCC. The summed E-state index contributed by atoms with van der Waals surface area (Å²) >= 11 is 1.49. The smallest absolute Gasteiger partial charge is 0.327 e. The van der Waals surface area contributed by atoms with Crippen LogP contribution in [0.1, 0.15) is 149 Å². The highest BCUT2D eigenvalue weighted by molar-refractivity contribution is 7.99. The Kier molecular flexibility index (Phi) is 37.6. The third kappa shape index (κ3) is 39.3. The first-order chi connectivity index (χ1) is 25.6. The van der Waals surface area contributed by atoms with Crippen LogP contribution in [-0.4, -0.2) is 110 Å². The highest BCUT2D eigenvalue weighted by Crippen LogP contribution is 2.33. The second-order valence-corrected chi connectivity index (χ2v) is 17.0. The average molecular weight is 799 g/mol. The highest BCUT2D eigenvalue weighted by atomic mass is 32.2. The van der Waals surface area contributed by atoms with Crippen LogP contribution < -0.4 is 11.1 Å². The summed E-state index contributed by atoms with van der Waals surface area (Å²) in [5.74, 6) is 0.437. The van der Waals surface area contributed by atoms with Crippen molar-refractivity contribution in [3.63, 3.8) is 0 Å². The molecule has 5 N–H and O–H groups in total. The molecule has 14 heteroatoms. The molecule has 0 aliphatic heterocycles. The summed E-state index contributed by atoms with van der Waals surface area (Å²) in [6.07, 6.45) is 23.1. The molecule has 0 bridgehead atoms. The zero-order valence-corrected chi connectivity index (χ0v) is 35.5. The predicted molar refractivity (Wildman–Crippen MR) is 217 cm³/mol. The summed E-state index contributed by atoms with van der Waals surface area (Å²) in [7, 11) is -4.04. The van der Waals surface area contributed by atoms with Crippen molar-refractivity contribution in [1.29, 1.82) is 0 Å². The molecule has 0 saturated heterocycles. The van der Waals surface area contributed by atoms with Gasteiger partial charge in [-0.15, -0.1) is 0 Å². The van der Waals surface area contributed by atoms with Crippen LogP contribution in [0.25, 0.3) is 0 Å². The van der Waals surface area contributed by atoms with Gasteiger partial charge >= 0.3 is 13.6 Å². The van der Waals surface area contributed by atoms with Gasteiger partial charge in [-0.1, -0.05) is 123 Å². The van der Waals surface area contributed by atoms with E-state index in [1.165, 1.54) is 102 Å². The molecule has 53 heavy (non-hydrogen) atoms. The van der Waals surface area contributed by atoms with E-state index in [4.69, 9.17) is 39.2 Å². The van der Waals surface area contributed by atoms with Crippen molar-refractivity contribution in [3.05, 3.63) is 0 Å². The van der Waals surface area contributed by atoms with Crippen LogP contribution in [0.3, 0.4) is 0 Å². The van der Waals surface area contributed by atoms with Crippen LogP contribution in [0.2, 0.25) is 0 Å². The number of thioether (sulfide) groups is 1. The summed E-state index contributed by atoms with van der Waals surface area (Å²) in [6, 6.07) is -0.967. The van der Waals surface area contributed by atoms with Crippen LogP contribution >= 0.6 is 19.4 Å². The fraction of sp³-hybridized carbons (Fsp3) is 0.949. The summed E-state index contributed by atoms with van der Waals surface area (Å²) in [6.45, 7) is 8.75. The highest BCUT2D eigenvalue weighted by Gasteiger charge is 2.20. The van der Waals surface area contributed by atoms with Crippen molar-refractivity contribution in [2.75, 3.05) is 70.5 Å². The molecule has 0 saturated carbocycles. The molecule has 12 nitrogen and oxygen atoms in total. The van der Waals surface area contributed by atoms with E-state index in [1.807, 2.05) is 6.92 Å². The predicted octanol–water partition coefficient (Wildman–Crippen LogP) is 7.55. The van der Waals surface area contributed by atoms with Gasteiger partial charge in [0.15, 0.2) is 0 Å². The maximum Gasteiger partial charge on any atom is 0.327 e. The molecule has 1 amide bonds. The number of hydrogen-bond donors (Lipinski definition) is 4. The fourth-order valence-electron chi connectivity index (χ4n) is 5.52. The molecular weight excluding hydrogens is 719 g/mol. The largest absolute Gasteiger partial charge is 0.459 e. The normalized spacial score (nSPS) is 13.5. The number of esters is 1. The molecule has 0 aliphatic rings. The van der Waals surface area contributed by atoms with E-state index in [2.05, 4.69) is 19.2 Å². The second kappa shape index (κ2) is 38.1. The lowest BCUT2D eigenvalue weighted by Crippen LogP contribution is -2.47. The molecule has 0 rings (SSSR count). The van der Waals surface area contributed by atoms with E-state index in [9.17, 15) is 14.2 Å². The Morgan fingerprint density at radius 3 is 1.66 bits per heavy atom. The Labute approximate surface area is 327 Å². The van der Waals surface area contributed by atoms with E-state index in [0.717, 1.165) is 32.1 Å². The lowest BCUT2D eigenvalue weighted by molar-refractivity contribution is -0.150. The number of carbonyl (C=O) groups is 2. The van der Waals surface area contributed by atoms with Gasteiger partial charge in [0.05, 0.1) is 58.5 Å². The molecule has 316 valence electrons. The average Bonchev–Trinajstić information content (AvgIpc) is 3.11. The number of amides is 1. The third-order valence-corrected chi connectivity index (χ3v) is 10.7. The van der Waals surface area contributed by atoms with Crippen molar-refractivity contribution < 1.29 is 47.6 Å². The summed E-state index contributed by atoms with van der Waals surface area (Å²) < 4.78 is 38.7. The van der Waals surface area contributed by atoms with Crippen LogP contribution in [0.5, 0.6) is 0 Å². The van der Waals surface area contributed by atoms with Crippen molar-refractivity contribution in [2.24, 2.45) is 5.73 Å². The van der Waals surface area contributed by atoms with Crippen molar-refractivity contribution in [2.45, 2.75) is 167 Å². The first-order valence-electron chi connectivity index (χ1n) is 20.8. The van der Waals surface area contributed by atoms with Gasteiger partial charge in [-0.3, -0.25) is 14.2 Å². The summed E-state index contributed by atoms with van der Waals surface area (Å²) in [4.78, 5) is 43.0. The van der Waals surface area contributed by atoms with Crippen molar-refractivity contribution in [1.82, 2.24) is 5.32 Å². The molecule has 0 aromatic heterocycles. The molecule has 0 unspecified atom stereocenters. The van der Waals surface area contributed by atoms with Crippen LogP contribution in [0, 0.1) is 0 Å². The van der Waals surface area contributed by atoms with Crippen LogP contribution in [0.4, 0.5) is 0 Å². The Morgan fingerprint density at radius 1 is 0.642 bits per heavy atom. The van der Waals surface area contributed by atoms with Crippen molar-refractivity contribution in [3.8, 4) is 0 Å². The fourth-order valence-corrected chi connectivity index (χ4v) is 6.86. The van der Waals surface area contributed by atoms with Gasteiger partial charge in [0.1, 0.15) is 6.10 Å². The second-order valence-electron chi connectivity index (χ2n) is 14.2. The number of nitrogens with one attached hydrogen (secondary N) is 1. The van der Waals surface area contributed by atoms with Crippen LogP contribution in [0.15, 0.2) is 0 Å². The number of ether oxygens (including phenoxy) is 5. The van der Waals surface area contributed by atoms with E-state index < -0.39 is 13.6 Å². The summed E-state index contributed by atoms with van der Waals surface area (Å²) in [5.41, 5.74) is 6.19. The van der Waals surface area contributed by atoms with E-state index in [1.54, 1.807) is 0 Å². The number of hydrogen-bond acceptors (Lipinski definition) is 10. The zero-order valence-electron chi connectivity index (χ0n) is 33.7. The summed E-state index contributed by atoms with van der Waals surface area (Å²) in [5, 5.41) is 2.88. The Bertz CT molecular complexity index is 885. The first-order valence-corrected chi connectivity index (χ1v) is 23.7. The third-order valence-electron chi connectivity index (χ3n) is 8.69. The van der Waals surface area contributed by atoms with E-state index in [-0.39, 0.29) is 50.0 Å². The maximum absolute atomic E-state index is 12.7. The first kappa shape index (κ1) is 52.2. The molecule has 0 aromatic carbocycles. The van der Waals surface area contributed by atoms with E-state index in [0.29, 0.717) is 51.0 Å². The van der Waals surface area contributed by atoms with Gasteiger partial charge in [-0.2, -0.15) is 11.8 Å². The molecule has 0 spiro atoms. The Hall–Kier alpha value is -0.760. The van der Waals surface area contributed by atoms with Crippen LogP contribution in [-0.2, 0) is 37.8 Å². The lowest BCUT2D eigenvalue weighted by Gasteiger charge is -2.20. The minimum absolute atomic E-state index is 0.0244. The van der Waals surface area contributed by atoms with Crippen molar-refractivity contribution >= 4 is 31.2 Å². The minimum atomic E-state index is -4.04. The monoisotopic (exact) mass is 799 g/mol. The molecule has 0 heterocycles. The van der Waals surface area contributed by atoms with Gasteiger partial charge in [0.25, 0.3) is 0 Å². The number of unbranched alkanes of at least 4 members (excludes halogenated alkanes) is 17. The number of carbonyl (C=O) groups excluding carboxylic acids is 2. The molecule has 3 atom stereocenters. The van der Waals surface area contributed by atoms with Gasteiger partial charge in [-0.25, -0.2) is 0 Å². The standard InChI is InChI=1S/C39H79N2O10PS/c1-4-6-8-10-12-14-16-18-20-22-24-49-32-36(51-38(42)23-21-19-17-15-13-11-9-7-5-2)33-53-34-37(40)39(43)41-35(3)31-50-28-27-47-25-26-48-29-30-52(44,45)46/h35-37H,4-34,40H2,1-3H3,(H,41,43)(H2,44,45,46)/t35-,36+,37-/m0/s1. The molecular formula is C39H79N2O10PS. The number of nitrogens with two attached hydrogens (primary N) is 1. The van der Waals surface area contributed by atoms with Gasteiger partial charge in [-0.05, 0) is 19.8 Å². The maximum atomic E-state index is 12.7. The van der Waals surface area contributed by atoms with E-state index >= 15 is 0 Å². The molecule has 0 aromatic rings. The Morgan fingerprint density at radius 2 is 1.11 bits per heavy atom.